The normalized spacial score (nSPS) is 12.3. The maximum Gasteiger partial charge on any atom is 0.335 e. The van der Waals surface area contributed by atoms with Crippen LogP contribution in [0.25, 0.3) is 0 Å². The lowest BCUT2D eigenvalue weighted by Gasteiger charge is -2.21. The average molecular weight is 272 g/mol. The van der Waals surface area contributed by atoms with Crippen LogP contribution in [-0.4, -0.2) is 11.1 Å². The molecule has 3 rings (SSSR count). The lowest BCUT2D eigenvalue weighted by Crippen LogP contribution is -2.04. The zero-order valence-corrected chi connectivity index (χ0v) is 10.8. The van der Waals surface area contributed by atoms with Crippen molar-refractivity contribution in [1.29, 1.82) is 0 Å². The predicted octanol–water partition coefficient (Wildman–Crippen LogP) is 3.05. The maximum absolute atomic E-state index is 11.0. The molecule has 2 aromatic rings. The SMILES string of the molecule is NCc1ccc2c(c1)Sc1cc(C(=O)O)ccc1N2. The summed E-state index contributed by atoms with van der Waals surface area (Å²) in [5, 5.41) is 12.3. The molecule has 0 aliphatic carbocycles. The third kappa shape index (κ3) is 2.18. The molecule has 4 N–H and O–H groups in total. The Labute approximate surface area is 114 Å². The molecule has 0 amide bonds. The van der Waals surface area contributed by atoms with Gasteiger partial charge < -0.3 is 16.2 Å². The van der Waals surface area contributed by atoms with Gasteiger partial charge in [0.2, 0.25) is 0 Å². The quantitative estimate of drug-likeness (QED) is 0.668. The number of aromatic carboxylic acids is 1. The van der Waals surface area contributed by atoms with E-state index in [2.05, 4.69) is 5.32 Å². The molecule has 4 nitrogen and oxygen atoms in total. The van der Waals surface area contributed by atoms with Crippen molar-refractivity contribution in [3.05, 3.63) is 47.5 Å². The Balaban J connectivity index is 2.02. The molecule has 2 aromatic carbocycles. The van der Waals surface area contributed by atoms with Crippen LogP contribution in [0.4, 0.5) is 11.4 Å². The summed E-state index contributed by atoms with van der Waals surface area (Å²) in [6.07, 6.45) is 0. The van der Waals surface area contributed by atoms with Gasteiger partial charge in [-0.05, 0) is 35.9 Å². The van der Waals surface area contributed by atoms with Gasteiger partial charge in [-0.15, -0.1) is 0 Å². The zero-order chi connectivity index (χ0) is 13.4. The summed E-state index contributed by atoms with van der Waals surface area (Å²) in [7, 11) is 0. The van der Waals surface area contributed by atoms with Crippen LogP contribution in [0.1, 0.15) is 15.9 Å². The van der Waals surface area contributed by atoms with E-state index in [1.54, 1.807) is 30.0 Å². The van der Waals surface area contributed by atoms with Gasteiger partial charge in [0.05, 0.1) is 16.9 Å². The minimum absolute atomic E-state index is 0.298. The van der Waals surface area contributed by atoms with E-state index in [9.17, 15) is 4.79 Å². The molecule has 0 spiro atoms. The molecule has 0 fully saturated rings. The Morgan fingerprint density at radius 3 is 2.53 bits per heavy atom. The highest BCUT2D eigenvalue weighted by Gasteiger charge is 2.17. The highest BCUT2D eigenvalue weighted by molar-refractivity contribution is 7.99. The van der Waals surface area contributed by atoms with E-state index in [-0.39, 0.29) is 0 Å². The third-order valence-electron chi connectivity index (χ3n) is 3.00. The van der Waals surface area contributed by atoms with Crippen LogP contribution in [0.3, 0.4) is 0 Å². The number of hydrogen-bond acceptors (Lipinski definition) is 4. The van der Waals surface area contributed by atoms with Gasteiger partial charge in [-0.25, -0.2) is 4.79 Å². The van der Waals surface area contributed by atoms with Crippen molar-refractivity contribution >= 4 is 29.1 Å². The summed E-state index contributed by atoms with van der Waals surface area (Å²) in [6, 6.07) is 11.1. The average Bonchev–Trinajstić information content (AvgIpc) is 2.43. The molecular formula is C14H12N2O2S. The van der Waals surface area contributed by atoms with Crippen molar-refractivity contribution in [1.82, 2.24) is 0 Å². The van der Waals surface area contributed by atoms with Crippen molar-refractivity contribution in [3.8, 4) is 0 Å². The molecule has 19 heavy (non-hydrogen) atoms. The lowest BCUT2D eigenvalue weighted by molar-refractivity contribution is 0.0696. The zero-order valence-electron chi connectivity index (χ0n) is 10.0. The molecule has 0 atom stereocenters. The van der Waals surface area contributed by atoms with E-state index in [1.807, 2.05) is 18.2 Å². The standard InChI is InChI=1S/C14H12N2O2S/c15-7-8-1-3-10-12(5-8)19-13-6-9(14(17)18)2-4-11(13)16-10/h1-6,16H,7,15H2,(H,17,18). The molecule has 1 heterocycles. The van der Waals surface area contributed by atoms with Crippen molar-refractivity contribution in [2.24, 2.45) is 5.73 Å². The van der Waals surface area contributed by atoms with Gasteiger partial charge in [-0.3, -0.25) is 0 Å². The number of rotatable bonds is 2. The topological polar surface area (TPSA) is 75.4 Å². The summed E-state index contributed by atoms with van der Waals surface area (Å²) in [5.41, 5.74) is 8.95. The number of hydrogen-bond donors (Lipinski definition) is 3. The van der Waals surface area contributed by atoms with E-state index < -0.39 is 5.97 Å². The molecule has 0 bridgehead atoms. The van der Waals surface area contributed by atoms with E-state index >= 15 is 0 Å². The second-order valence-corrected chi connectivity index (χ2v) is 5.36. The fourth-order valence-electron chi connectivity index (χ4n) is 1.99. The molecule has 1 aliphatic heterocycles. The third-order valence-corrected chi connectivity index (χ3v) is 4.11. The minimum Gasteiger partial charge on any atom is -0.478 e. The van der Waals surface area contributed by atoms with Crippen LogP contribution in [0, 0.1) is 0 Å². The van der Waals surface area contributed by atoms with Gasteiger partial charge in [-0.2, -0.15) is 0 Å². The summed E-state index contributed by atoms with van der Waals surface area (Å²) >= 11 is 1.56. The highest BCUT2D eigenvalue weighted by atomic mass is 32.2. The first-order chi connectivity index (χ1) is 9.17. The van der Waals surface area contributed by atoms with E-state index in [4.69, 9.17) is 10.8 Å². The van der Waals surface area contributed by atoms with Crippen LogP contribution < -0.4 is 11.1 Å². The van der Waals surface area contributed by atoms with Gasteiger partial charge in [0, 0.05) is 16.3 Å². The number of carboxylic acids is 1. The van der Waals surface area contributed by atoms with Crippen molar-refractivity contribution < 1.29 is 9.90 Å². The lowest BCUT2D eigenvalue weighted by atomic mass is 10.1. The molecule has 0 saturated carbocycles. The fourth-order valence-corrected chi connectivity index (χ4v) is 3.08. The summed E-state index contributed by atoms with van der Waals surface area (Å²) in [4.78, 5) is 13.0. The molecule has 0 aromatic heterocycles. The number of anilines is 2. The van der Waals surface area contributed by atoms with Gasteiger partial charge in [0.1, 0.15) is 0 Å². The summed E-state index contributed by atoms with van der Waals surface area (Å²) < 4.78 is 0. The minimum atomic E-state index is -0.912. The molecule has 5 heteroatoms. The second kappa shape index (κ2) is 4.60. The first-order valence-corrected chi connectivity index (χ1v) is 6.64. The Hall–Kier alpha value is -1.98. The monoisotopic (exact) mass is 272 g/mol. The number of nitrogens with two attached hydrogens (primary N) is 1. The fraction of sp³-hybridized carbons (Fsp3) is 0.0714. The highest BCUT2D eigenvalue weighted by Crippen LogP contribution is 2.44. The van der Waals surface area contributed by atoms with Gasteiger partial charge in [-0.1, -0.05) is 17.8 Å². The van der Waals surface area contributed by atoms with Crippen molar-refractivity contribution in [2.45, 2.75) is 16.3 Å². The van der Waals surface area contributed by atoms with Crippen LogP contribution in [0.2, 0.25) is 0 Å². The van der Waals surface area contributed by atoms with E-state index in [0.717, 1.165) is 26.7 Å². The largest absolute Gasteiger partial charge is 0.478 e. The van der Waals surface area contributed by atoms with Crippen LogP contribution in [0.15, 0.2) is 46.2 Å². The Kier molecular flexibility index (Phi) is 2.93. The van der Waals surface area contributed by atoms with Crippen molar-refractivity contribution in [3.63, 3.8) is 0 Å². The predicted molar refractivity (Wildman–Crippen MR) is 75.1 cm³/mol. The summed E-state index contributed by atoms with van der Waals surface area (Å²) in [5.74, 6) is -0.912. The van der Waals surface area contributed by atoms with Gasteiger partial charge in [0.25, 0.3) is 0 Å². The molecule has 0 radical (unpaired) electrons. The first-order valence-electron chi connectivity index (χ1n) is 5.82. The summed E-state index contributed by atoms with van der Waals surface area (Å²) in [6.45, 7) is 0.496. The van der Waals surface area contributed by atoms with E-state index in [0.29, 0.717) is 12.1 Å². The number of fused-ring (bicyclic) bond motifs is 2. The Morgan fingerprint density at radius 1 is 1.16 bits per heavy atom. The number of nitrogens with one attached hydrogen (secondary N) is 1. The Bertz CT molecular complexity index is 670. The molecule has 96 valence electrons. The van der Waals surface area contributed by atoms with Crippen LogP contribution >= 0.6 is 11.8 Å². The number of carbonyl (C=O) groups is 1. The molecule has 0 unspecified atom stereocenters. The van der Waals surface area contributed by atoms with Crippen molar-refractivity contribution in [2.75, 3.05) is 5.32 Å². The molecule has 0 saturated heterocycles. The maximum atomic E-state index is 11.0. The second-order valence-electron chi connectivity index (χ2n) is 4.28. The smallest absolute Gasteiger partial charge is 0.335 e. The number of benzene rings is 2. The van der Waals surface area contributed by atoms with Gasteiger partial charge >= 0.3 is 5.97 Å². The van der Waals surface area contributed by atoms with Crippen LogP contribution in [0.5, 0.6) is 0 Å². The molecule has 1 aliphatic rings. The van der Waals surface area contributed by atoms with E-state index in [1.165, 1.54) is 0 Å². The van der Waals surface area contributed by atoms with Gasteiger partial charge in [0.15, 0.2) is 0 Å². The first kappa shape index (κ1) is 12.1. The number of carboxylic acid groups (broad SMARTS) is 1. The van der Waals surface area contributed by atoms with Crippen LogP contribution in [-0.2, 0) is 6.54 Å². The molecular weight excluding hydrogens is 260 g/mol. The Morgan fingerprint density at radius 2 is 1.84 bits per heavy atom.